The molecule has 0 aromatic carbocycles. The summed E-state index contributed by atoms with van der Waals surface area (Å²) in [6.45, 7) is 4.27. The molecule has 1 aromatic heterocycles. The Kier molecular flexibility index (Phi) is 5.66. The topological polar surface area (TPSA) is 61.9 Å². The molecule has 1 rings (SSSR count). The Morgan fingerprint density at radius 2 is 2.12 bits per heavy atom. The maximum atomic E-state index is 4.94. The van der Waals surface area contributed by atoms with Gasteiger partial charge in [-0.3, -0.25) is 9.97 Å². The first-order chi connectivity index (χ1) is 7.72. The summed E-state index contributed by atoms with van der Waals surface area (Å²) in [5.41, 5.74) is 1.88. The van der Waals surface area contributed by atoms with Crippen LogP contribution in [0.3, 0.4) is 0 Å². The Balaban J connectivity index is 2.11. The molecular weight excluding hydrogens is 222 g/mol. The van der Waals surface area contributed by atoms with Gasteiger partial charge in [0.05, 0.1) is 11.4 Å². The summed E-state index contributed by atoms with van der Waals surface area (Å²) >= 11 is 4.94. The Morgan fingerprint density at radius 3 is 2.75 bits per heavy atom. The molecular formula is C10H17N5S. The van der Waals surface area contributed by atoms with E-state index in [9.17, 15) is 0 Å². The van der Waals surface area contributed by atoms with Gasteiger partial charge < -0.3 is 16.0 Å². The third-order valence-corrected chi connectivity index (χ3v) is 2.30. The summed E-state index contributed by atoms with van der Waals surface area (Å²) in [5, 5.41) is 9.81. The monoisotopic (exact) mass is 239 g/mol. The number of nitrogens with zero attached hydrogens (tertiary/aromatic N) is 2. The molecule has 0 unspecified atom stereocenters. The smallest absolute Gasteiger partial charge is 0.166 e. The summed E-state index contributed by atoms with van der Waals surface area (Å²) in [6.07, 6.45) is 3.55. The standard InChI is InChI=1S/C10H17N5S/c1-8-5-15-9(7-14-8)6-12-3-4-13-10(16)11-2/h5,7,12H,3-4,6H2,1-2H3,(H2,11,13,16). The Bertz CT molecular complexity index is 324. The summed E-state index contributed by atoms with van der Waals surface area (Å²) < 4.78 is 0. The molecule has 0 fully saturated rings. The van der Waals surface area contributed by atoms with Crippen molar-refractivity contribution in [1.29, 1.82) is 0 Å². The highest BCUT2D eigenvalue weighted by Gasteiger charge is 1.94. The van der Waals surface area contributed by atoms with Gasteiger partial charge in [0.1, 0.15) is 0 Å². The fraction of sp³-hybridized carbons (Fsp3) is 0.500. The van der Waals surface area contributed by atoms with Crippen molar-refractivity contribution >= 4 is 17.3 Å². The van der Waals surface area contributed by atoms with Gasteiger partial charge in [0.25, 0.3) is 0 Å². The van der Waals surface area contributed by atoms with Crippen LogP contribution in [0.1, 0.15) is 11.4 Å². The first-order valence-electron chi connectivity index (χ1n) is 5.16. The Hall–Kier alpha value is -1.27. The predicted octanol–water partition coefficient (Wildman–Crippen LogP) is -0.0315. The van der Waals surface area contributed by atoms with E-state index in [2.05, 4.69) is 25.9 Å². The minimum absolute atomic E-state index is 0.664. The van der Waals surface area contributed by atoms with Gasteiger partial charge in [-0.2, -0.15) is 0 Å². The second-order valence-electron chi connectivity index (χ2n) is 3.33. The number of nitrogens with one attached hydrogen (secondary N) is 3. The lowest BCUT2D eigenvalue weighted by Crippen LogP contribution is -2.37. The Morgan fingerprint density at radius 1 is 1.31 bits per heavy atom. The van der Waals surface area contributed by atoms with Crippen molar-refractivity contribution in [3.05, 3.63) is 23.8 Å². The summed E-state index contributed by atoms with van der Waals surface area (Å²) in [4.78, 5) is 8.41. The molecule has 5 nitrogen and oxygen atoms in total. The van der Waals surface area contributed by atoms with Crippen LogP contribution in [0.4, 0.5) is 0 Å². The molecule has 0 saturated heterocycles. The highest BCUT2D eigenvalue weighted by Crippen LogP contribution is 1.92. The second-order valence-corrected chi connectivity index (χ2v) is 3.74. The molecule has 1 heterocycles. The zero-order valence-electron chi connectivity index (χ0n) is 9.58. The lowest BCUT2D eigenvalue weighted by atomic mass is 10.4. The molecule has 16 heavy (non-hydrogen) atoms. The third kappa shape index (κ3) is 4.99. The zero-order valence-corrected chi connectivity index (χ0v) is 10.4. The first-order valence-corrected chi connectivity index (χ1v) is 5.57. The van der Waals surface area contributed by atoms with Gasteiger partial charge in [0, 0.05) is 39.1 Å². The van der Waals surface area contributed by atoms with E-state index in [0.717, 1.165) is 31.0 Å². The van der Waals surface area contributed by atoms with Gasteiger partial charge in [0.15, 0.2) is 5.11 Å². The van der Waals surface area contributed by atoms with Crippen LogP contribution in [-0.4, -0.2) is 35.2 Å². The third-order valence-electron chi connectivity index (χ3n) is 1.95. The fourth-order valence-electron chi connectivity index (χ4n) is 1.08. The fourth-order valence-corrected chi connectivity index (χ4v) is 1.18. The van der Waals surface area contributed by atoms with Crippen LogP contribution in [0.5, 0.6) is 0 Å². The Labute approximate surface area is 101 Å². The highest BCUT2D eigenvalue weighted by molar-refractivity contribution is 7.80. The van der Waals surface area contributed by atoms with Gasteiger partial charge in [-0.15, -0.1) is 0 Å². The van der Waals surface area contributed by atoms with E-state index in [0.29, 0.717) is 5.11 Å². The first kappa shape index (κ1) is 12.8. The van der Waals surface area contributed by atoms with Crippen LogP contribution in [-0.2, 0) is 6.54 Å². The normalized spacial score (nSPS) is 9.88. The van der Waals surface area contributed by atoms with E-state index >= 15 is 0 Å². The van der Waals surface area contributed by atoms with E-state index in [1.807, 2.05) is 6.92 Å². The van der Waals surface area contributed by atoms with Gasteiger partial charge in [-0.05, 0) is 19.1 Å². The number of thiocarbonyl (C=S) groups is 1. The van der Waals surface area contributed by atoms with Crippen LogP contribution >= 0.6 is 12.2 Å². The van der Waals surface area contributed by atoms with Gasteiger partial charge in [-0.1, -0.05) is 0 Å². The van der Waals surface area contributed by atoms with Crippen LogP contribution in [0.15, 0.2) is 12.4 Å². The summed E-state index contributed by atoms with van der Waals surface area (Å²) in [5.74, 6) is 0. The van der Waals surface area contributed by atoms with Gasteiger partial charge >= 0.3 is 0 Å². The average molecular weight is 239 g/mol. The molecule has 3 N–H and O–H groups in total. The average Bonchev–Trinajstić information content (AvgIpc) is 2.31. The van der Waals surface area contributed by atoms with Crippen molar-refractivity contribution in [3.8, 4) is 0 Å². The van der Waals surface area contributed by atoms with Crippen LogP contribution < -0.4 is 16.0 Å². The lowest BCUT2D eigenvalue weighted by molar-refractivity contribution is 0.657. The second kappa shape index (κ2) is 7.08. The van der Waals surface area contributed by atoms with Crippen molar-refractivity contribution in [2.24, 2.45) is 0 Å². The van der Waals surface area contributed by atoms with Crippen molar-refractivity contribution < 1.29 is 0 Å². The lowest BCUT2D eigenvalue weighted by Gasteiger charge is -2.07. The minimum atomic E-state index is 0.664. The van der Waals surface area contributed by atoms with Gasteiger partial charge in [0.2, 0.25) is 0 Å². The number of hydrogen-bond donors (Lipinski definition) is 3. The van der Waals surface area contributed by atoms with Crippen molar-refractivity contribution in [3.63, 3.8) is 0 Å². The largest absolute Gasteiger partial charge is 0.366 e. The number of hydrogen-bond acceptors (Lipinski definition) is 4. The van der Waals surface area contributed by atoms with E-state index in [-0.39, 0.29) is 0 Å². The van der Waals surface area contributed by atoms with Crippen molar-refractivity contribution in [1.82, 2.24) is 25.9 Å². The quantitative estimate of drug-likeness (QED) is 0.495. The van der Waals surface area contributed by atoms with Gasteiger partial charge in [-0.25, -0.2) is 0 Å². The van der Waals surface area contributed by atoms with E-state index in [4.69, 9.17) is 12.2 Å². The molecule has 0 aliphatic rings. The van der Waals surface area contributed by atoms with Crippen LogP contribution in [0, 0.1) is 6.92 Å². The molecule has 0 spiro atoms. The molecule has 6 heteroatoms. The minimum Gasteiger partial charge on any atom is -0.366 e. The summed E-state index contributed by atoms with van der Waals surface area (Å²) in [7, 11) is 1.80. The van der Waals surface area contributed by atoms with Crippen molar-refractivity contribution in [2.45, 2.75) is 13.5 Å². The molecule has 0 radical (unpaired) electrons. The van der Waals surface area contributed by atoms with Crippen molar-refractivity contribution in [2.75, 3.05) is 20.1 Å². The van der Waals surface area contributed by atoms with E-state index in [1.54, 1.807) is 19.4 Å². The zero-order chi connectivity index (χ0) is 11.8. The maximum Gasteiger partial charge on any atom is 0.166 e. The maximum absolute atomic E-state index is 4.94. The van der Waals surface area contributed by atoms with E-state index in [1.165, 1.54) is 0 Å². The molecule has 0 atom stereocenters. The summed E-state index contributed by atoms with van der Waals surface area (Å²) in [6, 6.07) is 0. The van der Waals surface area contributed by atoms with Crippen LogP contribution in [0.2, 0.25) is 0 Å². The highest BCUT2D eigenvalue weighted by atomic mass is 32.1. The predicted molar refractivity (Wildman–Crippen MR) is 68.1 cm³/mol. The molecule has 0 saturated carbocycles. The van der Waals surface area contributed by atoms with E-state index < -0.39 is 0 Å². The molecule has 1 aromatic rings. The number of aromatic nitrogens is 2. The SMILES string of the molecule is CNC(=S)NCCNCc1cnc(C)cn1. The van der Waals surface area contributed by atoms with Crippen LogP contribution in [0.25, 0.3) is 0 Å². The molecule has 0 aliphatic heterocycles. The molecule has 88 valence electrons. The molecule has 0 aliphatic carbocycles. The molecule has 0 amide bonds. The number of rotatable bonds is 5. The molecule has 0 bridgehead atoms. The number of aryl methyl sites for hydroxylation is 1.